The molecule has 3 N–H and O–H groups in total. The van der Waals surface area contributed by atoms with Crippen LogP contribution in [0.1, 0.15) is 46.5 Å². The Morgan fingerprint density at radius 2 is 1.91 bits per heavy atom. The maximum atomic E-state index is 12.0. The van der Waals surface area contributed by atoms with E-state index >= 15 is 0 Å². The zero-order valence-electron chi connectivity index (χ0n) is 13.6. The third kappa shape index (κ3) is 5.85. The number of ether oxygens (including phenoxy) is 1. The van der Waals surface area contributed by atoms with Gasteiger partial charge in [-0.25, -0.2) is 0 Å². The van der Waals surface area contributed by atoms with Crippen molar-refractivity contribution >= 4 is 24.0 Å². The Labute approximate surface area is 139 Å². The van der Waals surface area contributed by atoms with Gasteiger partial charge < -0.3 is 15.8 Å². The molecule has 0 radical (unpaired) electrons. The number of halogens is 1. The number of hydrogen-bond acceptors (Lipinski definition) is 3. The van der Waals surface area contributed by atoms with E-state index in [4.69, 9.17) is 10.5 Å². The summed E-state index contributed by atoms with van der Waals surface area (Å²) in [6.45, 7) is 6.02. The Kier molecular flexibility index (Phi) is 6.69. The van der Waals surface area contributed by atoms with Gasteiger partial charge in [0, 0.05) is 18.2 Å². The molecule has 0 heterocycles. The normalized spacial score (nSPS) is 21.1. The molecule has 22 heavy (non-hydrogen) atoms. The number of carbonyl (C=O) groups excluding carboxylic acids is 1. The second kappa shape index (κ2) is 7.84. The fourth-order valence-corrected chi connectivity index (χ4v) is 2.73. The van der Waals surface area contributed by atoms with Crippen molar-refractivity contribution in [3.05, 3.63) is 24.3 Å². The van der Waals surface area contributed by atoms with Crippen molar-refractivity contribution in [1.29, 1.82) is 0 Å². The van der Waals surface area contributed by atoms with E-state index in [2.05, 4.69) is 5.32 Å². The van der Waals surface area contributed by atoms with Crippen LogP contribution >= 0.6 is 12.4 Å². The van der Waals surface area contributed by atoms with Crippen molar-refractivity contribution < 1.29 is 9.53 Å². The van der Waals surface area contributed by atoms with E-state index in [0.29, 0.717) is 12.3 Å². The molecule has 1 aromatic rings. The molecule has 1 saturated carbocycles. The van der Waals surface area contributed by atoms with E-state index in [1.54, 1.807) is 0 Å². The van der Waals surface area contributed by atoms with Crippen LogP contribution in [0, 0.1) is 5.92 Å². The molecule has 1 aliphatic carbocycles. The number of hydrogen-bond donors (Lipinski definition) is 2. The number of carbonyl (C=O) groups is 1. The van der Waals surface area contributed by atoms with Crippen molar-refractivity contribution in [3.8, 4) is 5.75 Å². The number of amides is 1. The quantitative estimate of drug-likeness (QED) is 0.885. The number of benzene rings is 1. The minimum Gasteiger partial charge on any atom is -0.488 e. The summed E-state index contributed by atoms with van der Waals surface area (Å²) in [6, 6.07) is 7.67. The van der Waals surface area contributed by atoms with E-state index in [1.165, 1.54) is 0 Å². The number of rotatable bonds is 4. The van der Waals surface area contributed by atoms with Gasteiger partial charge in [-0.2, -0.15) is 0 Å². The third-order valence-electron chi connectivity index (χ3n) is 3.73. The molecule has 0 spiro atoms. The van der Waals surface area contributed by atoms with E-state index < -0.39 is 0 Å². The van der Waals surface area contributed by atoms with Crippen molar-refractivity contribution in [2.75, 3.05) is 5.32 Å². The zero-order chi connectivity index (χ0) is 15.5. The number of anilines is 1. The van der Waals surface area contributed by atoms with Gasteiger partial charge in [0.25, 0.3) is 0 Å². The second-order valence-corrected chi connectivity index (χ2v) is 6.85. The smallest absolute Gasteiger partial charge is 0.224 e. The monoisotopic (exact) mass is 326 g/mol. The van der Waals surface area contributed by atoms with Crippen LogP contribution in [0.15, 0.2) is 24.3 Å². The molecule has 1 aliphatic rings. The highest BCUT2D eigenvalue weighted by Crippen LogP contribution is 2.27. The van der Waals surface area contributed by atoms with Crippen LogP contribution in [0.25, 0.3) is 0 Å². The topological polar surface area (TPSA) is 64.3 Å². The van der Waals surface area contributed by atoms with Gasteiger partial charge in [-0.05, 0) is 63.8 Å². The first-order valence-corrected chi connectivity index (χ1v) is 7.68. The molecule has 0 saturated heterocycles. The maximum absolute atomic E-state index is 12.0. The number of nitrogens with one attached hydrogen (secondary N) is 1. The van der Waals surface area contributed by atoms with Crippen LogP contribution in [0.5, 0.6) is 5.75 Å². The average Bonchev–Trinajstić information content (AvgIpc) is 2.76. The van der Waals surface area contributed by atoms with Gasteiger partial charge >= 0.3 is 0 Å². The summed E-state index contributed by atoms with van der Waals surface area (Å²) in [7, 11) is 0. The van der Waals surface area contributed by atoms with Gasteiger partial charge in [0.1, 0.15) is 11.4 Å². The Bertz CT molecular complexity index is 482. The fourth-order valence-electron chi connectivity index (χ4n) is 2.73. The van der Waals surface area contributed by atoms with Crippen LogP contribution in [0.2, 0.25) is 0 Å². The summed E-state index contributed by atoms with van der Waals surface area (Å²) in [5.74, 6) is 1.17. The SMILES string of the molecule is CC(C)(C)Oc1ccc(NC(=O)C[C@@H]2CCC[C@H]2N)cc1.Cl. The van der Waals surface area contributed by atoms with Crippen LogP contribution in [-0.2, 0) is 4.79 Å². The summed E-state index contributed by atoms with van der Waals surface area (Å²) in [6.07, 6.45) is 3.75. The minimum atomic E-state index is -0.219. The van der Waals surface area contributed by atoms with E-state index in [1.807, 2.05) is 45.0 Å². The Morgan fingerprint density at radius 3 is 2.41 bits per heavy atom. The van der Waals surface area contributed by atoms with Gasteiger partial charge in [-0.3, -0.25) is 4.79 Å². The zero-order valence-corrected chi connectivity index (χ0v) is 14.4. The lowest BCUT2D eigenvalue weighted by molar-refractivity contribution is -0.117. The predicted molar refractivity (Wildman–Crippen MR) is 92.6 cm³/mol. The van der Waals surface area contributed by atoms with Gasteiger partial charge in [0.05, 0.1) is 0 Å². The average molecular weight is 327 g/mol. The van der Waals surface area contributed by atoms with Crippen molar-refractivity contribution in [2.24, 2.45) is 11.7 Å². The first-order valence-electron chi connectivity index (χ1n) is 7.68. The van der Waals surface area contributed by atoms with Crippen molar-refractivity contribution in [2.45, 2.75) is 58.1 Å². The molecular weight excluding hydrogens is 300 g/mol. The van der Waals surface area contributed by atoms with Crippen molar-refractivity contribution in [1.82, 2.24) is 0 Å². The van der Waals surface area contributed by atoms with Gasteiger partial charge in [-0.15, -0.1) is 12.4 Å². The molecule has 1 fully saturated rings. The van der Waals surface area contributed by atoms with Crippen molar-refractivity contribution in [3.63, 3.8) is 0 Å². The first-order chi connectivity index (χ1) is 9.83. The van der Waals surface area contributed by atoms with Crippen LogP contribution in [-0.4, -0.2) is 17.6 Å². The highest BCUT2D eigenvalue weighted by molar-refractivity contribution is 5.90. The van der Waals surface area contributed by atoms with E-state index in [-0.39, 0.29) is 30.0 Å². The van der Waals surface area contributed by atoms with Crippen LogP contribution < -0.4 is 15.8 Å². The molecule has 0 bridgehead atoms. The summed E-state index contributed by atoms with van der Waals surface area (Å²) in [4.78, 5) is 12.0. The molecule has 5 heteroatoms. The molecule has 0 aliphatic heterocycles. The van der Waals surface area contributed by atoms with E-state index in [9.17, 15) is 4.79 Å². The van der Waals surface area contributed by atoms with E-state index in [0.717, 1.165) is 30.7 Å². The molecule has 2 rings (SSSR count). The molecule has 1 amide bonds. The summed E-state index contributed by atoms with van der Waals surface area (Å²) < 4.78 is 5.75. The van der Waals surface area contributed by atoms with Crippen LogP contribution in [0.4, 0.5) is 5.69 Å². The highest BCUT2D eigenvalue weighted by atomic mass is 35.5. The van der Waals surface area contributed by atoms with Gasteiger partial charge in [0.15, 0.2) is 0 Å². The fraction of sp³-hybridized carbons (Fsp3) is 0.588. The Hall–Kier alpha value is -1.26. The highest BCUT2D eigenvalue weighted by Gasteiger charge is 2.26. The minimum absolute atomic E-state index is 0. The molecule has 2 atom stereocenters. The molecule has 124 valence electrons. The predicted octanol–water partition coefficient (Wildman–Crippen LogP) is 3.74. The molecular formula is C17H27ClN2O2. The second-order valence-electron chi connectivity index (χ2n) is 6.85. The standard InChI is InChI=1S/C17H26N2O2.ClH/c1-17(2,3)21-14-9-7-13(8-10-14)19-16(20)11-12-5-4-6-15(12)18;/h7-10,12,15H,4-6,11,18H2,1-3H3,(H,19,20);1H/t12-,15+;/m0./s1. The first kappa shape index (κ1) is 18.8. The summed E-state index contributed by atoms with van der Waals surface area (Å²) >= 11 is 0. The Morgan fingerprint density at radius 1 is 1.27 bits per heavy atom. The largest absolute Gasteiger partial charge is 0.488 e. The summed E-state index contributed by atoms with van der Waals surface area (Å²) in [5.41, 5.74) is 6.58. The maximum Gasteiger partial charge on any atom is 0.224 e. The third-order valence-corrected chi connectivity index (χ3v) is 3.73. The molecule has 1 aromatic carbocycles. The molecule has 4 nitrogen and oxygen atoms in total. The van der Waals surface area contributed by atoms with Crippen LogP contribution in [0.3, 0.4) is 0 Å². The number of nitrogens with two attached hydrogens (primary N) is 1. The lowest BCUT2D eigenvalue weighted by atomic mass is 10.00. The Balaban J connectivity index is 0.00000242. The van der Waals surface area contributed by atoms with Gasteiger partial charge in [0.2, 0.25) is 5.91 Å². The molecule has 0 aromatic heterocycles. The molecule has 0 unspecified atom stereocenters. The van der Waals surface area contributed by atoms with Gasteiger partial charge in [-0.1, -0.05) is 6.42 Å². The lowest BCUT2D eigenvalue weighted by Crippen LogP contribution is -2.28. The lowest BCUT2D eigenvalue weighted by Gasteiger charge is -2.21. The summed E-state index contributed by atoms with van der Waals surface area (Å²) in [5, 5.41) is 2.93.